The molecule has 1 heterocycles. The van der Waals surface area contributed by atoms with Crippen LogP contribution in [0.2, 0.25) is 0 Å². The molecule has 0 bridgehead atoms. The van der Waals surface area contributed by atoms with Gasteiger partial charge in [-0.15, -0.1) is 0 Å². The van der Waals surface area contributed by atoms with Gasteiger partial charge in [0.1, 0.15) is 0 Å². The van der Waals surface area contributed by atoms with E-state index in [1.165, 1.54) is 5.56 Å². The molecule has 18 heavy (non-hydrogen) atoms. The predicted molar refractivity (Wildman–Crippen MR) is 73.7 cm³/mol. The molecule has 0 spiro atoms. The van der Waals surface area contributed by atoms with E-state index in [0.717, 1.165) is 11.0 Å². The summed E-state index contributed by atoms with van der Waals surface area (Å²) < 4.78 is 1.82. The number of benzene rings is 2. The summed E-state index contributed by atoms with van der Waals surface area (Å²) in [6.07, 6.45) is 0. The van der Waals surface area contributed by atoms with E-state index in [1.807, 2.05) is 47.1 Å². The number of rotatable bonds is 3. The normalized spacial score (nSPS) is 10.7. The molecule has 0 saturated carbocycles. The van der Waals surface area contributed by atoms with Gasteiger partial charge in [0.25, 0.3) is 0 Å². The zero-order valence-electron chi connectivity index (χ0n) is 9.88. The number of hydrogen-bond donors (Lipinski definition) is 2. The zero-order chi connectivity index (χ0) is 12.4. The van der Waals surface area contributed by atoms with Gasteiger partial charge < -0.3 is 11.2 Å². The summed E-state index contributed by atoms with van der Waals surface area (Å²) in [5.74, 6) is 0.479. The van der Waals surface area contributed by atoms with Crippen molar-refractivity contribution in [1.82, 2.24) is 9.66 Å². The summed E-state index contributed by atoms with van der Waals surface area (Å²) in [5, 5.41) is 0. The van der Waals surface area contributed by atoms with E-state index in [-0.39, 0.29) is 0 Å². The first-order valence-electron chi connectivity index (χ1n) is 5.85. The lowest BCUT2D eigenvalue weighted by atomic mass is 10.2. The fraction of sp³-hybridized carbons (Fsp3) is 0.0714. The summed E-state index contributed by atoms with van der Waals surface area (Å²) in [6.45, 7) is 0.714. The third kappa shape index (κ3) is 1.88. The number of fused-ring (bicyclic) bond motifs is 1. The summed E-state index contributed by atoms with van der Waals surface area (Å²) in [6, 6.07) is 18.1. The lowest BCUT2D eigenvalue weighted by Gasteiger charge is -2.09. The first-order chi connectivity index (χ1) is 8.84. The number of aromatic nitrogens is 2. The Hall–Kier alpha value is -2.49. The van der Waals surface area contributed by atoms with Crippen LogP contribution in [0, 0.1) is 0 Å². The number of nitrogen functional groups attached to an aromatic ring is 1. The molecular formula is C14H14N4. The lowest BCUT2D eigenvalue weighted by molar-refractivity contribution is 0.874. The van der Waals surface area contributed by atoms with E-state index in [4.69, 9.17) is 5.73 Å². The summed E-state index contributed by atoms with van der Waals surface area (Å²) in [5.41, 5.74) is 12.3. The van der Waals surface area contributed by atoms with E-state index >= 15 is 0 Å². The number of para-hydroxylation sites is 2. The van der Waals surface area contributed by atoms with Crippen molar-refractivity contribution in [3.8, 4) is 0 Å². The van der Waals surface area contributed by atoms with Crippen LogP contribution >= 0.6 is 0 Å². The van der Waals surface area contributed by atoms with Crippen LogP contribution in [0.5, 0.6) is 0 Å². The van der Waals surface area contributed by atoms with E-state index < -0.39 is 0 Å². The fourth-order valence-corrected chi connectivity index (χ4v) is 1.98. The summed E-state index contributed by atoms with van der Waals surface area (Å²) in [4.78, 5) is 4.30. The quantitative estimate of drug-likeness (QED) is 0.736. The van der Waals surface area contributed by atoms with Crippen LogP contribution < -0.4 is 11.2 Å². The van der Waals surface area contributed by atoms with Crippen LogP contribution in [-0.4, -0.2) is 9.66 Å². The highest BCUT2D eigenvalue weighted by molar-refractivity contribution is 5.78. The second-order valence-electron chi connectivity index (χ2n) is 4.11. The van der Waals surface area contributed by atoms with Gasteiger partial charge in [0.15, 0.2) is 0 Å². The van der Waals surface area contributed by atoms with E-state index in [1.54, 1.807) is 0 Å². The molecule has 4 nitrogen and oxygen atoms in total. The third-order valence-corrected chi connectivity index (χ3v) is 2.87. The second kappa shape index (κ2) is 4.41. The SMILES string of the molecule is Nc1nc2ccccc2n1NCc1ccccc1. The molecule has 1 aromatic heterocycles. The van der Waals surface area contributed by atoms with Gasteiger partial charge in [-0.3, -0.25) is 0 Å². The molecule has 4 heteroatoms. The minimum atomic E-state index is 0.479. The maximum Gasteiger partial charge on any atom is 0.220 e. The number of hydrogen-bond acceptors (Lipinski definition) is 3. The molecule has 0 fully saturated rings. The van der Waals surface area contributed by atoms with Crippen molar-refractivity contribution in [1.29, 1.82) is 0 Å². The Morgan fingerprint density at radius 1 is 1.00 bits per heavy atom. The van der Waals surface area contributed by atoms with Crippen molar-refractivity contribution in [2.45, 2.75) is 6.54 Å². The first kappa shape index (κ1) is 10.7. The van der Waals surface area contributed by atoms with Crippen molar-refractivity contribution in [2.24, 2.45) is 0 Å². The molecule has 3 rings (SSSR count). The topological polar surface area (TPSA) is 55.9 Å². The predicted octanol–water partition coefficient (Wildman–Crippen LogP) is 2.36. The smallest absolute Gasteiger partial charge is 0.220 e. The highest BCUT2D eigenvalue weighted by atomic mass is 15.5. The van der Waals surface area contributed by atoms with Gasteiger partial charge in [0.2, 0.25) is 5.95 Å². The van der Waals surface area contributed by atoms with Crippen LogP contribution in [-0.2, 0) is 6.54 Å². The highest BCUT2D eigenvalue weighted by Crippen LogP contribution is 2.15. The average Bonchev–Trinajstić information content (AvgIpc) is 2.73. The Morgan fingerprint density at radius 3 is 2.56 bits per heavy atom. The van der Waals surface area contributed by atoms with E-state index in [0.29, 0.717) is 12.5 Å². The minimum absolute atomic E-state index is 0.479. The van der Waals surface area contributed by atoms with E-state index in [9.17, 15) is 0 Å². The van der Waals surface area contributed by atoms with Gasteiger partial charge in [0, 0.05) is 0 Å². The van der Waals surface area contributed by atoms with Crippen molar-refractivity contribution >= 4 is 17.0 Å². The Morgan fingerprint density at radius 2 is 1.72 bits per heavy atom. The largest absolute Gasteiger partial charge is 0.368 e. The Labute approximate surface area is 105 Å². The number of nitrogens with zero attached hydrogens (tertiary/aromatic N) is 2. The molecule has 0 amide bonds. The molecule has 0 radical (unpaired) electrons. The van der Waals surface area contributed by atoms with Crippen LogP contribution in [0.3, 0.4) is 0 Å². The van der Waals surface area contributed by atoms with Crippen LogP contribution in [0.4, 0.5) is 5.95 Å². The molecular weight excluding hydrogens is 224 g/mol. The summed E-state index contributed by atoms with van der Waals surface area (Å²) in [7, 11) is 0. The van der Waals surface area contributed by atoms with Crippen molar-refractivity contribution in [2.75, 3.05) is 11.2 Å². The lowest BCUT2D eigenvalue weighted by Crippen LogP contribution is -2.16. The number of anilines is 1. The van der Waals surface area contributed by atoms with Crippen molar-refractivity contribution in [3.63, 3.8) is 0 Å². The Balaban J connectivity index is 1.89. The first-order valence-corrected chi connectivity index (χ1v) is 5.85. The molecule has 90 valence electrons. The van der Waals surface area contributed by atoms with Gasteiger partial charge in [-0.25, -0.2) is 9.66 Å². The number of imidazole rings is 1. The molecule has 0 unspecified atom stereocenters. The highest BCUT2D eigenvalue weighted by Gasteiger charge is 2.06. The molecule has 3 aromatic rings. The Kier molecular flexibility index (Phi) is 2.61. The van der Waals surface area contributed by atoms with Gasteiger partial charge in [-0.2, -0.15) is 0 Å². The maximum atomic E-state index is 5.91. The molecule has 0 saturated heterocycles. The van der Waals surface area contributed by atoms with Gasteiger partial charge in [0.05, 0.1) is 17.6 Å². The zero-order valence-corrected chi connectivity index (χ0v) is 9.88. The van der Waals surface area contributed by atoms with Crippen LogP contribution in [0.15, 0.2) is 54.6 Å². The van der Waals surface area contributed by atoms with E-state index in [2.05, 4.69) is 22.5 Å². The minimum Gasteiger partial charge on any atom is -0.368 e. The number of nitrogens with one attached hydrogen (secondary N) is 1. The molecule has 0 aliphatic rings. The molecule has 3 N–H and O–H groups in total. The molecule has 0 atom stereocenters. The second-order valence-corrected chi connectivity index (χ2v) is 4.11. The van der Waals surface area contributed by atoms with Gasteiger partial charge >= 0.3 is 0 Å². The van der Waals surface area contributed by atoms with Crippen molar-refractivity contribution in [3.05, 3.63) is 60.2 Å². The number of nitrogens with two attached hydrogens (primary N) is 1. The molecule has 0 aliphatic carbocycles. The fourth-order valence-electron chi connectivity index (χ4n) is 1.98. The average molecular weight is 238 g/mol. The van der Waals surface area contributed by atoms with Crippen molar-refractivity contribution < 1.29 is 0 Å². The van der Waals surface area contributed by atoms with Gasteiger partial charge in [-0.1, -0.05) is 42.5 Å². The standard InChI is InChI=1S/C14H14N4/c15-14-17-12-8-4-5-9-13(12)18(14)16-10-11-6-2-1-3-7-11/h1-9,16H,10H2,(H2,15,17). The third-order valence-electron chi connectivity index (χ3n) is 2.87. The van der Waals surface area contributed by atoms with Crippen LogP contribution in [0.25, 0.3) is 11.0 Å². The van der Waals surface area contributed by atoms with Gasteiger partial charge in [-0.05, 0) is 17.7 Å². The van der Waals surface area contributed by atoms with Crippen LogP contribution in [0.1, 0.15) is 5.56 Å². The molecule has 2 aromatic carbocycles. The Bertz CT molecular complexity index is 658. The molecule has 0 aliphatic heterocycles. The monoisotopic (exact) mass is 238 g/mol. The summed E-state index contributed by atoms with van der Waals surface area (Å²) >= 11 is 0. The maximum absolute atomic E-state index is 5.91.